The van der Waals surface area contributed by atoms with Gasteiger partial charge < -0.3 is 4.74 Å². The van der Waals surface area contributed by atoms with Crippen LogP contribution in [0.15, 0.2) is 87.4 Å². The lowest BCUT2D eigenvalue weighted by molar-refractivity contribution is -0.116. The Morgan fingerprint density at radius 1 is 1.03 bits per heavy atom. The highest BCUT2D eigenvalue weighted by Crippen LogP contribution is 2.35. The minimum Gasteiger partial charge on any atom is -0.488 e. The van der Waals surface area contributed by atoms with Crippen LogP contribution in [0.4, 0.5) is 0 Å². The molecule has 0 spiro atoms. The molecule has 1 N–H and O–H groups in total. The molecule has 5 rings (SSSR count). The fourth-order valence-electron chi connectivity index (χ4n) is 4.34. The van der Waals surface area contributed by atoms with Gasteiger partial charge in [-0.3, -0.25) is 15.1 Å². The Morgan fingerprint density at radius 3 is 2.65 bits per heavy atom. The lowest BCUT2D eigenvalue weighted by atomic mass is 10.1. The molecule has 0 aliphatic carbocycles. The summed E-state index contributed by atoms with van der Waals surface area (Å²) in [7, 11) is 0. The largest absolute Gasteiger partial charge is 0.488 e. The first kappa shape index (κ1) is 25.5. The van der Waals surface area contributed by atoms with Gasteiger partial charge in [0.15, 0.2) is 11.3 Å². The van der Waals surface area contributed by atoms with Crippen LogP contribution in [0.1, 0.15) is 49.9 Å². The van der Waals surface area contributed by atoms with Crippen molar-refractivity contribution in [3.8, 4) is 5.75 Å². The number of amides is 1. The Bertz CT molecular complexity index is 1430. The molecule has 1 amide bonds. The summed E-state index contributed by atoms with van der Waals surface area (Å²) in [4.78, 5) is 18.3. The summed E-state index contributed by atoms with van der Waals surface area (Å²) in [5.41, 5.74) is 2.54. The van der Waals surface area contributed by atoms with Gasteiger partial charge in [-0.1, -0.05) is 92.5 Å². The van der Waals surface area contributed by atoms with Gasteiger partial charge in [-0.15, -0.1) is 5.10 Å². The number of ether oxygens (including phenoxy) is 1. The predicted molar refractivity (Wildman–Crippen MR) is 152 cm³/mol. The number of amidine groups is 1. The van der Waals surface area contributed by atoms with E-state index in [4.69, 9.17) is 14.8 Å². The number of nitrogens with zero attached hydrogens (tertiary/aromatic N) is 3. The van der Waals surface area contributed by atoms with Crippen molar-refractivity contribution in [1.29, 1.82) is 0 Å². The van der Waals surface area contributed by atoms with Crippen LogP contribution in [0.3, 0.4) is 0 Å². The predicted octanol–water partition coefficient (Wildman–Crippen LogP) is 5.48. The molecule has 0 fully saturated rings. The number of benzene rings is 3. The molecule has 3 aromatic carbocycles. The minimum atomic E-state index is -0.467. The molecule has 6 nitrogen and oxygen atoms in total. The van der Waals surface area contributed by atoms with Crippen molar-refractivity contribution in [2.75, 3.05) is 5.75 Å². The fourth-order valence-corrected chi connectivity index (χ4v) is 5.70. The second kappa shape index (κ2) is 12.0. The number of hydrogen-bond donors (Lipinski definition) is 1. The Balaban J connectivity index is 1.43. The number of rotatable bonds is 9. The van der Waals surface area contributed by atoms with E-state index in [2.05, 4.69) is 28.2 Å². The van der Waals surface area contributed by atoms with Crippen LogP contribution >= 0.6 is 27.7 Å². The van der Waals surface area contributed by atoms with Gasteiger partial charge in [0.25, 0.3) is 5.91 Å². The van der Waals surface area contributed by atoms with Gasteiger partial charge in [0.05, 0.1) is 9.83 Å². The van der Waals surface area contributed by atoms with E-state index in [1.165, 1.54) is 19.3 Å². The molecular formula is C29H29BrN4O2S. The molecule has 0 bridgehead atoms. The number of para-hydroxylation sites is 1. The number of fused-ring (bicyclic) bond motifs is 2. The number of carbonyl (C=O) groups is 1. The Kier molecular flexibility index (Phi) is 8.26. The molecule has 0 unspecified atom stereocenters. The Morgan fingerprint density at radius 2 is 1.84 bits per heavy atom. The van der Waals surface area contributed by atoms with Gasteiger partial charge in [0, 0.05) is 11.0 Å². The van der Waals surface area contributed by atoms with E-state index in [1.807, 2.05) is 72.8 Å². The van der Waals surface area contributed by atoms with Gasteiger partial charge in [-0.05, 0) is 51.7 Å². The quantitative estimate of drug-likeness (QED) is 0.342. The van der Waals surface area contributed by atoms with Crippen LogP contribution < -0.4 is 20.6 Å². The standard InChI is InChI=1S/C29H29BrN4O2S/c1-2-3-4-10-17-37-29-32-28(35)26-22-13-8-9-14-24(22)31-27(34(26)33-29)21-15-16-25(23(30)18-21)36-19-20-11-6-5-7-12-20/h5-9,11-16,18,27H,2-4,10,17,19H2,1H3,(H,32,33,35)/t27-/m1/s1. The molecule has 2 heterocycles. The number of unbranched alkanes of at least 4 members (excludes halogenated alkanes) is 3. The molecule has 1 atom stereocenters. The molecule has 0 aromatic heterocycles. The molecule has 37 heavy (non-hydrogen) atoms. The summed E-state index contributed by atoms with van der Waals surface area (Å²) in [6.07, 6.45) is 4.23. The van der Waals surface area contributed by atoms with E-state index in [1.54, 1.807) is 16.8 Å². The normalized spacial score (nSPS) is 16.3. The van der Waals surface area contributed by atoms with E-state index < -0.39 is 6.17 Å². The van der Waals surface area contributed by atoms with Crippen LogP contribution in [-0.4, -0.2) is 21.8 Å². The van der Waals surface area contributed by atoms with Crippen LogP contribution in [0, 0.1) is 0 Å². The smallest absolute Gasteiger partial charge is 0.276 e. The Hall–Kier alpha value is -3.10. The summed E-state index contributed by atoms with van der Waals surface area (Å²) in [6.45, 7) is 2.68. The molecule has 0 saturated heterocycles. The fraction of sp³-hybridized carbons (Fsp3) is 0.276. The van der Waals surface area contributed by atoms with Crippen LogP contribution in [0.5, 0.6) is 5.75 Å². The maximum atomic E-state index is 13.3. The number of hydrazone groups is 1. The second-order valence-electron chi connectivity index (χ2n) is 8.95. The van der Waals surface area contributed by atoms with Crippen molar-refractivity contribution in [3.63, 3.8) is 0 Å². The first-order valence-electron chi connectivity index (χ1n) is 12.6. The van der Waals surface area contributed by atoms with Gasteiger partial charge >= 0.3 is 0 Å². The summed E-state index contributed by atoms with van der Waals surface area (Å²) >= 11 is 5.26. The topological polar surface area (TPSA) is 66.3 Å². The molecule has 0 saturated carbocycles. The SMILES string of the molecule is CCCCCCSC1=NN2C(=c3ccccc3=N[C@H]2c2ccc(OCc3ccccc3)c(Br)c2)C(=O)N1. The lowest BCUT2D eigenvalue weighted by Gasteiger charge is -2.34. The minimum absolute atomic E-state index is 0.153. The highest BCUT2D eigenvalue weighted by atomic mass is 79.9. The lowest BCUT2D eigenvalue weighted by Crippen LogP contribution is -2.50. The molecule has 2 aliphatic heterocycles. The van der Waals surface area contributed by atoms with Crippen LogP contribution in [0.2, 0.25) is 0 Å². The number of nitrogens with one attached hydrogen (secondary N) is 1. The van der Waals surface area contributed by atoms with E-state index in [0.717, 1.165) is 44.1 Å². The average Bonchev–Trinajstić information content (AvgIpc) is 2.92. The zero-order valence-electron chi connectivity index (χ0n) is 20.7. The van der Waals surface area contributed by atoms with Crippen LogP contribution in [0.25, 0.3) is 5.70 Å². The summed E-state index contributed by atoms with van der Waals surface area (Å²) in [5, 5.41) is 11.8. The molecular weight excluding hydrogens is 548 g/mol. The molecule has 2 aliphatic rings. The van der Waals surface area contributed by atoms with Crippen molar-refractivity contribution < 1.29 is 9.53 Å². The summed E-state index contributed by atoms with van der Waals surface area (Å²) < 4.78 is 6.87. The monoisotopic (exact) mass is 576 g/mol. The summed E-state index contributed by atoms with van der Waals surface area (Å²) in [6, 6.07) is 23.7. The molecule has 190 valence electrons. The maximum Gasteiger partial charge on any atom is 0.276 e. The van der Waals surface area contributed by atoms with Gasteiger partial charge in [0.1, 0.15) is 18.1 Å². The van der Waals surface area contributed by atoms with E-state index in [9.17, 15) is 4.79 Å². The zero-order chi connectivity index (χ0) is 25.6. The van der Waals surface area contributed by atoms with E-state index in [0.29, 0.717) is 17.5 Å². The highest BCUT2D eigenvalue weighted by Gasteiger charge is 2.34. The highest BCUT2D eigenvalue weighted by molar-refractivity contribution is 9.10. The van der Waals surface area contributed by atoms with Gasteiger partial charge in [0.2, 0.25) is 0 Å². The zero-order valence-corrected chi connectivity index (χ0v) is 23.1. The average molecular weight is 578 g/mol. The van der Waals surface area contributed by atoms with Gasteiger partial charge in [-0.25, -0.2) is 5.01 Å². The molecule has 0 radical (unpaired) electrons. The van der Waals surface area contributed by atoms with Crippen molar-refractivity contribution in [2.24, 2.45) is 10.1 Å². The Labute approximate surface area is 229 Å². The number of thioether (sulfide) groups is 1. The molecule has 3 aromatic rings. The first-order chi connectivity index (χ1) is 18.1. The van der Waals surface area contributed by atoms with Crippen molar-refractivity contribution in [3.05, 3.63) is 99.0 Å². The molecule has 8 heteroatoms. The second-order valence-corrected chi connectivity index (χ2v) is 10.9. The van der Waals surface area contributed by atoms with E-state index in [-0.39, 0.29) is 5.91 Å². The third-order valence-electron chi connectivity index (χ3n) is 6.24. The third-order valence-corrected chi connectivity index (χ3v) is 7.81. The van der Waals surface area contributed by atoms with Gasteiger partial charge in [-0.2, -0.15) is 0 Å². The number of halogens is 1. The van der Waals surface area contributed by atoms with Crippen molar-refractivity contribution in [2.45, 2.75) is 45.4 Å². The maximum absolute atomic E-state index is 13.3. The van der Waals surface area contributed by atoms with Crippen molar-refractivity contribution >= 4 is 44.5 Å². The first-order valence-corrected chi connectivity index (χ1v) is 14.4. The summed E-state index contributed by atoms with van der Waals surface area (Å²) in [5.74, 6) is 1.51. The number of hydrogen-bond acceptors (Lipinski definition) is 6. The van der Waals surface area contributed by atoms with Crippen molar-refractivity contribution in [1.82, 2.24) is 10.3 Å². The number of carbonyl (C=O) groups excluding carboxylic acids is 1. The third kappa shape index (κ3) is 5.91. The van der Waals surface area contributed by atoms with Crippen LogP contribution in [-0.2, 0) is 11.4 Å². The van der Waals surface area contributed by atoms with E-state index >= 15 is 0 Å².